The molecule has 0 bridgehead atoms. The van der Waals surface area contributed by atoms with E-state index in [1.807, 2.05) is 66.7 Å². The molecule has 3 nitrogen and oxygen atoms in total. The monoisotopic (exact) mass is 371 g/mol. The number of rotatable bonds is 4. The first-order chi connectivity index (χ1) is 13.7. The summed E-state index contributed by atoms with van der Waals surface area (Å²) in [6, 6.07) is 23.1. The van der Waals surface area contributed by atoms with Gasteiger partial charge in [0.1, 0.15) is 11.6 Å². The lowest BCUT2D eigenvalue weighted by atomic mass is 10.1. The summed E-state index contributed by atoms with van der Waals surface area (Å²) in [5, 5.41) is 0. The van der Waals surface area contributed by atoms with E-state index in [0.717, 1.165) is 22.6 Å². The van der Waals surface area contributed by atoms with Crippen LogP contribution in [0.15, 0.2) is 90.5 Å². The SMILES string of the molecule is COc1ccc(/C=C2/C=C(c3ccccc3)N(c3ccc(F)cc3)C2=O)cc1. The van der Waals surface area contributed by atoms with Gasteiger partial charge in [-0.3, -0.25) is 9.69 Å². The smallest absolute Gasteiger partial charge is 0.262 e. The van der Waals surface area contributed by atoms with Crippen LogP contribution in [0.25, 0.3) is 11.8 Å². The Morgan fingerprint density at radius 3 is 2.21 bits per heavy atom. The molecule has 0 N–H and O–H groups in total. The van der Waals surface area contributed by atoms with Gasteiger partial charge in [-0.05, 0) is 59.7 Å². The van der Waals surface area contributed by atoms with E-state index >= 15 is 0 Å². The number of amides is 1. The van der Waals surface area contributed by atoms with Gasteiger partial charge in [-0.2, -0.15) is 0 Å². The fourth-order valence-electron chi connectivity index (χ4n) is 3.16. The van der Waals surface area contributed by atoms with Gasteiger partial charge >= 0.3 is 0 Å². The van der Waals surface area contributed by atoms with Crippen molar-refractivity contribution in [2.24, 2.45) is 0 Å². The summed E-state index contributed by atoms with van der Waals surface area (Å²) in [5.74, 6) is 0.268. The molecule has 0 saturated heterocycles. The maximum Gasteiger partial charge on any atom is 0.262 e. The summed E-state index contributed by atoms with van der Waals surface area (Å²) < 4.78 is 18.6. The number of nitrogens with zero attached hydrogens (tertiary/aromatic N) is 1. The normalized spacial score (nSPS) is 15.1. The number of carbonyl (C=O) groups is 1. The second-order valence-corrected chi connectivity index (χ2v) is 6.39. The maximum atomic E-state index is 13.4. The van der Waals surface area contributed by atoms with Crippen molar-refractivity contribution in [3.63, 3.8) is 0 Å². The van der Waals surface area contributed by atoms with Crippen LogP contribution in [-0.4, -0.2) is 13.0 Å². The second kappa shape index (κ2) is 7.53. The number of anilines is 1. The Balaban J connectivity index is 1.78. The van der Waals surface area contributed by atoms with E-state index in [9.17, 15) is 9.18 Å². The predicted octanol–water partition coefficient (Wildman–Crippen LogP) is 5.31. The number of ether oxygens (including phenoxy) is 1. The van der Waals surface area contributed by atoms with Gasteiger partial charge < -0.3 is 4.74 Å². The molecule has 4 heteroatoms. The second-order valence-electron chi connectivity index (χ2n) is 6.39. The Morgan fingerprint density at radius 2 is 1.57 bits per heavy atom. The highest BCUT2D eigenvalue weighted by molar-refractivity contribution is 6.23. The van der Waals surface area contributed by atoms with Crippen molar-refractivity contribution < 1.29 is 13.9 Å². The van der Waals surface area contributed by atoms with E-state index in [4.69, 9.17) is 4.74 Å². The van der Waals surface area contributed by atoms with Crippen molar-refractivity contribution in [1.82, 2.24) is 0 Å². The molecule has 1 aliphatic rings. The first-order valence-corrected chi connectivity index (χ1v) is 8.88. The third-order valence-electron chi connectivity index (χ3n) is 4.58. The Morgan fingerprint density at radius 1 is 0.893 bits per heavy atom. The fraction of sp³-hybridized carbons (Fsp3) is 0.0417. The van der Waals surface area contributed by atoms with Crippen LogP contribution in [0.5, 0.6) is 5.75 Å². The van der Waals surface area contributed by atoms with E-state index < -0.39 is 0 Å². The van der Waals surface area contributed by atoms with Crippen molar-refractivity contribution in [1.29, 1.82) is 0 Å². The van der Waals surface area contributed by atoms with Crippen LogP contribution < -0.4 is 9.64 Å². The predicted molar refractivity (Wildman–Crippen MR) is 109 cm³/mol. The van der Waals surface area contributed by atoms with Crippen molar-refractivity contribution in [2.45, 2.75) is 0 Å². The van der Waals surface area contributed by atoms with E-state index in [1.165, 1.54) is 12.1 Å². The fourth-order valence-corrected chi connectivity index (χ4v) is 3.16. The molecule has 0 fully saturated rings. The third kappa shape index (κ3) is 3.45. The highest BCUT2D eigenvalue weighted by Gasteiger charge is 2.30. The highest BCUT2D eigenvalue weighted by Crippen LogP contribution is 2.35. The Bertz CT molecular complexity index is 1050. The lowest BCUT2D eigenvalue weighted by Gasteiger charge is -2.20. The van der Waals surface area contributed by atoms with Gasteiger partial charge in [-0.25, -0.2) is 4.39 Å². The molecule has 0 radical (unpaired) electrons. The lowest BCUT2D eigenvalue weighted by molar-refractivity contribution is -0.113. The van der Waals surface area contributed by atoms with Gasteiger partial charge in [-0.1, -0.05) is 42.5 Å². The Hall–Kier alpha value is -3.66. The van der Waals surface area contributed by atoms with Gasteiger partial charge in [-0.15, -0.1) is 0 Å². The number of hydrogen-bond acceptors (Lipinski definition) is 2. The van der Waals surface area contributed by atoms with Gasteiger partial charge in [0.2, 0.25) is 0 Å². The molecule has 3 aromatic rings. The Labute approximate surface area is 163 Å². The van der Waals surface area contributed by atoms with Crippen LogP contribution in [-0.2, 0) is 4.79 Å². The summed E-state index contributed by atoms with van der Waals surface area (Å²) in [4.78, 5) is 14.8. The van der Waals surface area contributed by atoms with E-state index in [1.54, 1.807) is 24.1 Å². The summed E-state index contributed by atoms with van der Waals surface area (Å²) in [6.45, 7) is 0. The number of hydrogen-bond donors (Lipinski definition) is 0. The largest absolute Gasteiger partial charge is 0.497 e. The third-order valence-corrected chi connectivity index (χ3v) is 4.58. The zero-order valence-corrected chi connectivity index (χ0v) is 15.3. The molecule has 3 aromatic carbocycles. The molecule has 0 unspecified atom stereocenters. The molecule has 1 aliphatic heterocycles. The number of carbonyl (C=O) groups excluding carboxylic acids is 1. The van der Waals surface area contributed by atoms with E-state index in [0.29, 0.717) is 11.3 Å². The van der Waals surface area contributed by atoms with Crippen LogP contribution in [0.3, 0.4) is 0 Å². The Kier molecular flexibility index (Phi) is 4.77. The van der Waals surface area contributed by atoms with Crippen LogP contribution in [0, 0.1) is 5.82 Å². The molecule has 138 valence electrons. The lowest BCUT2D eigenvalue weighted by Crippen LogP contribution is -2.24. The summed E-state index contributed by atoms with van der Waals surface area (Å²) in [6.07, 6.45) is 3.71. The van der Waals surface area contributed by atoms with E-state index in [-0.39, 0.29) is 11.7 Å². The molecule has 4 rings (SSSR count). The molecule has 0 saturated carbocycles. The summed E-state index contributed by atoms with van der Waals surface area (Å²) in [7, 11) is 1.61. The standard InChI is InChI=1S/C24H18FNO2/c1-28-22-13-7-17(8-14-22)15-19-16-23(18-5-3-2-4-6-18)26(24(19)27)21-11-9-20(25)10-12-21/h2-16H,1H3/b19-15-. The summed E-state index contributed by atoms with van der Waals surface area (Å²) >= 11 is 0. The van der Waals surface area contributed by atoms with Crippen molar-refractivity contribution in [3.8, 4) is 5.75 Å². The molecular formula is C24H18FNO2. The molecule has 28 heavy (non-hydrogen) atoms. The average molecular weight is 371 g/mol. The minimum atomic E-state index is -0.338. The van der Waals surface area contributed by atoms with Crippen LogP contribution in [0.4, 0.5) is 10.1 Å². The first-order valence-electron chi connectivity index (χ1n) is 8.88. The highest BCUT2D eigenvalue weighted by atomic mass is 19.1. The van der Waals surface area contributed by atoms with Gasteiger partial charge in [0, 0.05) is 11.3 Å². The number of benzene rings is 3. The van der Waals surface area contributed by atoms with Crippen molar-refractivity contribution >= 4 is 23.4 Å². The van der Waals surface area contributed by atoms with Crippen LogP contribution in [0.2, 0.25) is 0 Å². The molecular weight excluding hydrogens is 353 g/mol. The molecule has 1 heterocycles. The zero-order valence-electron chi connectivity index (χ0n) is 15.3. The molecule has 0 spiro atoms. The van der Waals surface area contributed by atoms with Gasteiger partial charge in [0.05, 0.1) is 12.8 Å². The topological polar surface area (TPSA) is 29.5 Å². The minimum Gasteiger partial charge on any atom is -0.497 e. The molecule has 0 atom stereocenters. The molecule has 1 amide bonds. The van der Waals surface area contributed by atoms with Gasteiger partial charge in [0.25, 0.3) is 5.91 Å². The zero-order chi connectivity index (χ0) is 19.5. The number of halogens is 1. The average Bonchev–Trinajstić information content (AvgIpc) is 3.06. The van der Waals surface area contributed by atoms with Gasteiger partial charge in [0.15, 0.2) is 0 Å². The van der Waals surface area contributed by atoms with Crippen molar-refractivity contribution in [2.75, 3.05) is 12.0 Å². The van der Waals surface area contributed by atoms with E-state index in [2.05, 4.69) is 0 Å². The molecule has 0 aromatic heterocycles. The summed E-state index contributed by atoms with van der Waals surface area (Å²) in [5.41, 5.74) is 3.76. The number of methoxy groups -OCH3 is 1. The van der Waals surface area contributed by atoms with Crippen LogP contribution in [0.1, 0.15) is 11.1 Å². The quantitative estimate of drug-likeness (QED) is 0.582. The molecule has 0 aliphatic carbocycles. The minimum absolute atomic E-state index is 0.152. The van der Waals surface area contributed by atoms with Crippen LogP contribution >= 0.6 is 0 Å². The maximum absolute atomic E-state index is 13.4. The van der Waals surface area contributed by atoms with Crippen molar-refractivity contribution in [3.05, 3.63) is 107 Å². The first kappa shape index (κ1) is 17.7.